The van der Waals surface area contributed by atoms with Crippen molar-refractivity contribution in [3.8, 4) is 5.75 Å². The molecule has 0 amide bonds. The first-order valence-corrected chi connectivity index (χ1v) is 7.63. The zero-order valence-corrected chi connectivity index (χ0v) is 13.0. The number of fused-ring (bicyclic) bond motifs is 1. The molecule has 0 saturated heterocycles. The summed E-state index contributed by atoms with van der Waals surface area (Å²) in [5.74, 6) is 0.814. The van der Waals surface area contributed by atoms with Gasteiger partial charge in [0.05, 0.1) is 10.4 Å². The molecule has 3 nitrogen and oxygen atoms in total. The SMILES string of the molecule is CC(C)(C)S(=O)NC1=CCOc2ccc(Br)cc21. The average molecular weight is 330 g/mol. The van der Waals surface area contributed by atoms with Crippen molar-refractivity contribution in [2.45, 2.75) is 25.5 Å². The Morgan fingerprint density at radius 2 is 2.11 bits per heavy atom. The highest BCUT2D eigenvalue weighted by Gasteiger charge is 2.23. The van der Waals surface area contributed by atoms with Crippen molar-refractivity contribution in [3.63, 3.8) is 0 Å². The van der Waals surface area contributed by atoms with Gasteiger partial charge in [-0.1, -0.05) is 15.9 Å². The van der Waals surface area contributed by atoms with E-state index in [0.29, 0.717) is 6.61 Å². The Morgan fingerprint density at radius 3 is 2.78 bits per heavy atom. The average Bonchev–Trinajstić information content (AvgIpc) is 2.28. The maximum atomic E-state index is 12.1. The summed E-state index contributed by atoms with van der Waals surface area (Å²) in [7, 11) is -1.14. The molecule has 0 radical (unpaired) electrons. The van der Waals surface area contributed by atoms with Gasteiger partial charge in [0.25, 0.3) is 0 Å². The monoisotopic (exact) mass is 329 g/mol. The van der Waals surface area contributed by atoms with E-state index in [2.05, 4.69) is 20.7 Å². The van der Waals surface area contributed by atoms with Crippen molar-refractivity contribution in [2.75, 3.05) is 6.61 Å². The summed E-state index contributed by atoms with van der Waals surface area (Å²) < 4.78 is 21.4. The third-order valence-electron chi connectivity index (χ3n) is 2.52. The van der Waals surface area contributed by atoms with E-state index >= 15 is 0 Å². The van der Waals surface area contributed by atoms with Gasteiger partial charge in [-0.15, -0.1) is 0 Å². The quantitative estimate of drug-likeness (QED) is 0.904. The molecular weight excluding hydrogens is 314 g/mol. The Balaban J connectivity index is 2.29. The highest BCUT2D eigenvalue weighted by atomic mass is 79.9. The zero-order valence-electron chi connectivity index (χ0n) is 10.6. The van der Waals surface area contributed by atoms with E-state index < -0.39 is 11.0 Å². The van der Waals surface area contributed by atoms with Crippen molar-refractivity contribution in [3.05, 3.63) is 34.3 Å². The summed E-state index contributed by atoms with van der Waals surface area (Å²) in [4.78, 5) is 0. The minimum absolute atomic E-state index is 0.300. The van der Waals surface area contributed by atoms with Crippen molar-refractivity contribution >= 4 is 32.6 Å². The molecule has 1 aromatic carbocycles. The summed E-state index contributed by atoms with van der Waals surface area (Å²) in [6.45, 7) is 6.33. The second-order valence-corrected chi connectivity index (χ2v) is 7.93. The van der Waals surface area contributed by atoms with Gasteiger partial charge >= 0.3 is 0 Å². The number of hydrogen-bond acceptors (Lipinski definition) is 2. The highest BCUT2D eigenvalue weighted by Crippen LogP contribution is 2.31. The fraction of sp³-hybridized carbons (Fsp3) is 0.385. The molecule has 1 aliphatic heterocycles. The van der Waals surface area contributed by atoms with Crippen LogP contribution >= 0.6 is 15.9 Å². The lowest BCUT2D eigenvalue weighted by atomic mass is 10.1. The van der Waals surface area contributed by atoms with Gasteiger partial charge in [0.1, 0.15) is 23.3 Å². The van der Waals surface area contributed by atoms with Crippen LogP contribution in [0, 0.1) is 0 Å². The van der Waals surface area contributed by atoms with Gasteiger partial charge in [0, 0.05) is 10.0 Å². The number of benzene rings is 1. The van der Waals surface area contributed by atoms with Crippen molar-refractivity contribution in [1.29, 1.82) is 0 Å². The van der Waals surface area contributed by atoms with E-state index in [1.165, 1.54) is 0 Å². The van der Waals surface area contributed by atoms with Crippen LogP contribution in [0.5, 0.6) is 5.75 Å². The molecule has 0 aromatic heterocycles. The molecule has 1 aromatic rings. The van der Waals surface area contributed by atoms with Gasteiger partial charge < -0.3 is 9.46 Å². The first-order valence-electron chi connectivity index (χ1n) is 5.69. The molecular formula is C13H16BrNO2S. The predicted octanol–water partition coefficient (Wildman–Crippen LogP) is 3.23. The van der Waals surface area contributed by atoms with E-state index in [9.17, 15) is 4.21 Å². The molecule has 0 spiro atoms. The van der Waals surface area contributed by atoms with E-state index in [4.69, 9.17) is 4.74 Å². The summed E-state index contributed by atoms with van der Waals surface area (Å²) >= 11 is 3.44. The van der Waals surface area contributed by atoms with E-state index in [1.807, 2.05) is 45.0 Å². The number of halogens is 1. The fourth-order valence-corrected chi connectivity index (χ4v) is 2.57. The molecule has 0 bridgehead atoms. The van der Waals surface area contributed by atoms with Crippen molar-refractivity contribution in [2.24, 2.45) is 0 Å². The van der Waals surface area contributed by atoms with Crippen molar-refractivity contribution < 1.29 is 8.95 Å². The molecule has 1 atom stereocenters. The normalized spacial score (nSPS) is 16.3. The number of rotatable bonds is 2. The van der Waals surface area contributed by atoms with Crippen LogP contribution in [-0.4, -0.2) is 15.6 Å². The first kappa shape index (κ1) is 13.6. The van der Waals surface area contributed by atoms with Crippen LogP contribution in [0.4, 0.5) is 0 Å². The van der Waals surface area contributed by atoms with Crippen LogP contribution in [0.15, 0.2) is 28.7 Å². The molecule has 5 heteroatoms. The van der Waals surface area contributed by atoms with E-state index in [0.717, 1.165) is 21.5 Å². The Hall–Kier alpha value is -0.810. The number of nitrogens with one attached hydrogen (secondary N) is 1. The molecule has 18 heavy (non-hydrogen) atoms. The van der Waals surface area contributed by atoms with Gasteiger partial charge in [0.2, 0.25) is 0 Å². The predicted molar refractivity (Wildman–Crippen MR) is 78.6 cm³/mol. The summed E-state index contributed by atoms with van der Waals surface area (Å²) in [5.41, 5.74) is 1.80. The lowest BCUT2D eigenvalue weighted by Crippen LogP contribution is -2.33. The molecule has 1 aliphatic rings. The minimum Gasteiger partial charge on any atom is -0.489 e. The van der Waals surface area contributed by atoms with E-state index in [-0.39, 0.29) is 4.75 Å². The molecule has 1 unspecified atom stereocenters. The lowest BCUT2D eigenvalue weighted by Gasteiger charge is -2.24. The Bertz CT molecular complexity index is 520. The molecule has 1 N–H and O–H groups in total. The first-order chi connectivity index (χ1) is 8.38. The standard InChI is InChI=1S/C13H16BrNO2S/c1-13(2,3)18(16)15-11-6-7-17-12-5-4-9(14)8-10(11)12/h4-6,8,15H,7H2,1-3H3. The van der Waals surface area contributed by atoms with Gasteiger partial charge in [-0.2, -0.15) is 0 Å². The maximum absolute atomic E-state index is 12.1. The third kappa shape index (κ3) is 2.95. The lowest BCUT2D eigenvalue weighted by molar-refractivity contribution is 0.356. The van der Waals surface area contributed by atoms with Crippen LogP contribution in [0.3, 0.4) is 0 Å². The maximum Gasteiger partial charge on any atom is 0.129 e. The third-order valence-corrected chi connectivity index (χ3v) is 4.53. The number of hydrogen-bond donors (Lipinski definition) is 1. The van der Waals surface area contributed by atoms with Gasteiger partial charge in [-0.25, -0.2) is 4.21 Å². The molecule has 0 fully saturated rings. The number of ether oxygens (including phenoxy) is 1. The largest absolute Gasteiger partial charge is 0.489 e. The van der Waals surface area contributed by atoms with Gasteiger partial charge in [0.15, 0.2) is 0 Å². The topological polar surface area (TPSA) is 38.3 Å². The molecule has 2 rings (SSSR count). The minimum atomic E-state index is -1.14. The summed E-state index contributed by atoms with van der Waals surface area (Å²) in [6.07, 6.45) is 1.92. The second kappa shape index (κ2) is 5.05. The smallest absolute Gasteiger partial charge is 0.129 e. The Labute approximate surface area is 118 Å². The Morgan fingerprint density at radius 1 is 1.39 bits per heavy atom. The van der Waals surface area contributed by atoms with Gasteiger partial charge in [-0.05, 0) is 45.0 Å². The van der Waals surface area contributed by atoms with Crippen LogP contribution in [-0.2, 0) is 11.0 Å². The van der Waals surface area contributed by atoms with Crippen molar-refractivity contribution in [1.82, 2.24) is 4.72 Å². The molecule has 0 saturated carbocycles. The Kier molecular flexibility index (Phi) is 3.82. The fourth-order valence-electron chi connectivity index (χ4n) is 1.51. The molecule has 98 valence electrons. The molecule has 0 aliphatic carbocycles. The van der Waals surface area contributed by atoms with Crippen LogP contribution in [0.25, 0.3) is 5.70 Å². The van der Waals surface area contributed by atoms with E-state index in [1.54, 1.807) is 0 Å². The second-order valence-electron chi connectivity index (χ2n) is 5.05. The molecule has 1 heterocycles. The van der Waals surface area contributed by atoms with Crippen LogP contribution < -0.4 is 9.46 Å². The van der Waals surface area contributed by atoms with Crippen LogP contribution in [0.2, 0.25) is 0 Å². The van der Waals surface area contributed by atoms with Gasteiger partial charge in [-0.3, -0.25) is 0 Å². The van der Waals surface area contributed by atoms with Crippen LogP contribution in [0.1, 0.15) is 26.3 Å². The highest BCUT2D eigenvalue weighted by molar-refractivity contribution is 9.10. The zero-order chi connectivity index (χ0) is 13.3. The summed E-state index contributed by atoms with van der Waals surface area (Å²) in [6, 6.07) is 5.81. The summed E-state index contributed by atoms with van der Waals surface area (Å²) in [5, 5.41) is 0.